The third-order valence-corrected chi connectivity index (χ3v) is 5.24. The first-order chi connectivity index (χ1) is 10.3. The maximum atomic E-state index is 4.73. The Morgan fingerprint density at radius 3 is 2.43 bits per heavy atom. The van der Waals surface area contributed by atoms with Crippen LogP contribution in [0.1, 0.15) is 63.5 Å². The smallest absolute Gasteiger partial charge is 0.193 e. The number of hydrogen-bond acceptors (Lipinski definition) is 4. The molecule has 4 heteroatoms. The Bertz CT molecular complexity index is 563. The zero-order valence-corrected chi connectivity index (χ0v) is 14.8. The normalized spacial score (nSPS) is 11.2. The van der Waals surface area contributed by atoms with E-state index in [1.165, 1.54) is 66.3 Å². The number of fused-ring (bicyclic) bond motifs is 1. The van der Waals surface area contributed by atoms with Crippen LogP contribution in [-0.2, 0) is 12.8 Å². The summed E-state index contributed by atoms with van der Waals surface area (Å²) < 4.78 is 4.16. The first-order valence-electron chi connectivity index (χ1n) is 8.11. The third kappa shape index (κ3) is 4.36. The SMILES string of the molecule is CCCCCc1ccc2sc(NS)nc2c1CCCCC. The minimum Gasteiger partial charge on any atom is -0.308 e. The number of aryl methyl sites for hydroxylation is 2. The number of thiazole rings is 1. The fraction of sp³-hybridized carbons (Fsp3) is 0.588. The number of nitrogens with zero attached hydrogens (tertiary/aromatic N) is 1. The van der Waals surface area contributed by atoms with Gasteiger partial charge >= 0.3 is 0 Å². The molecule has 0 aliphatic carbocycles. The number of nitrogens with one attached hydrogen (secondary N) is 1. The number of anilines is 1. The molecule has 2 rings (SSSR count). The fourth-order valence-electron chi connectivity index (χ4n) is 2.77. The highest BCUT2D eigenvalue weighted by Gasteiger charge is 2.12. The van der Waals surface area contributed by atoms with Gasteiger partial charge in [-0.15, -0.1) is 0 Å². The number of benzene rings is 1. The van der Waals surface area contributed by atoms with Crippen molar-refractivity contribution in [2.45, 2.75) is 65.2 Å². The van der Waals surface area contributed by atoms with Gasteiger partial charge in [0.1, 0.15) is 0 Å². The minimum absolute atomic E-state index is 0.899. The number of unbranched alkanes of at least 4 members (excludes halogenated alkanes) is 4. The fourth-order valence-corrected chi connectivity index (χ4v) is 3.75. The monoisotopic (exact) mass is 322 g/mol. The lowest BCUT2D eigenvalue weighted by Gasteiger charge is -2.10. The van der Waals surface area contributed by atoms with Crippen LogP contribution in [0.15, 0.2) is 12.1 Å². The molecule has 0 spiro atoms. The van der Waals surface area contributed by atoms with Crippen LogP contribution in [0.2, 0.25) is 0 Å². The van der Waals surface area contributed by atoms with Crippen molar-refractivity contribution in [2.24, 2.45) is 0 Å². The predicted molar refractivity (Wildman–Crippen MR) is 98.7 cm³/mol. The van der Waals surface area contributed by atoms with Crippen molar-refractivity contribution in [2.75, 3.05) is 4.72 Å². The van der Waals surface area contributed by atoms with E-state index in [4.69, 9.17) is 4.98 Å². The molecule has 0 fully saturated rings. The standard InChI is InChI=1S/C17H26N2S2/c1-3-5-7-9-13-11-12-15-16(18-17(19-20)21-15)14(13)10-8-6-4-2/h11-12,20H,3-10H2,1-2H3,(H,18,19). The molecule has 2 aromatic rings. The average molecular weight is 323 g/mol. The molecule has 0 unspecified atom stereocenters. The highest BCUT2D eigenvalue weighted by molar-refractivity contribution is 7.82. The van der Waals surface area contributed by atoms with Crippen LogP contribution >= 0.6 is 24.2 Å². The van der Waals surface area contributed by atoms with Gasteiger partial charge in [0.2, 0.25) is 0 Å². The molecule has 0 aliphatic rings. The van der Waals surface area contributed by atoms with Crippen molar-refractivity contribution < 1.29 is 0 Å². The maximum absolute atomic E-state index is 4.73. The van der Waals surface area contributed by atoms with Crippen LogP contribution < -0.4 is 4.72 Å². The summed E-state index contributed by atoms with van der Waals surface area (Å²) in [6.45, 7) is 4.52. The van der Waals surface area contributed by atoms with Crippen LogP contribution in [0, 0.1) is 0 Å². The first kappa shape index (κ1) is 16.6. The Balaban J connectivity index is 2.28. The van der Waals surface area contributed by atoms with Crippen molar-refractivity contribution >= 4 is 39.5 Å². The van der Waals surface area contributed by atoms with Crippen LogP contribution in [0.25, 0.3) is 10.2 Å². The molecule has 116 valence electrons. The number of thiol groups is 1. The molecule has 1 aromatic heterocycles. The Labute approximate surface area is 137 Å². The lowest BCUT2D eigenvalue weighted by atomic mass is 9.96. The van der Waals surface area contributed by atoms with E-state index in [0.717, 1.165) is 11.6 Å². The Morgan fingerprint density at radius 2 is 1.76 bits per heavy atom. The van der Waals surface area contributed by atoms with E-state index in [2.05, 4.69) is 43.5 Å². The zero-order valence-electron chi connectivity index (χ0n) is 13.1. The molecule has 2 nitrogen and oxygen atoms in total. The average Bonchev–Trinajstić information content (AvgIpc) is 2.92. The quantitative estimate of drug-likeness (QED) is 0.436. The molecule has 0 saturated carbocycles. The Kier molecular flexibility index (Phi) is 6.84. The van der Waals surface area contributed by atoms with Gasteiger partial charge in [-0.25, -0.2) is 4.98 Å². The molecule has 21 heavy (non-hydrogen) atoms. The molecule has 0 bridgehead atoms. The van der Waals surface area contributed by atoms with Gasteiger partial charge in [-0.3, -0.25) is 0 Å². The van der Waals surface area contributed by atoms with Crippen molar-refractivity contribution in [1.29, 1.82) is 0 Å². The summed E-state index contributed by atoms with van der Waals surface area (Å²) in [5, 5.41) is 0.899. The molecule has 0 amide bonds. The lowest BCUT2D eigenvalue weighted by molar-refractivity contribution is 0.695. The zero-order chi connectivity index (χ0) is 15.1. The molecule has 1 heterocycles. The van der Waals surface area contributed by atoms with Gasteiger partial charge in [-0.2, -0.15) is 0 Å². The molecule has 0 aliphatic heterocycles. The third-order valence-electron chi connectivity index (χ3n) is 3.94. The summed E-state index contributed by atoms with van der Waals surface area (Å²) in [5.74, 6) is 0. The second kappa shape index (κ2) is 8.64. The predicted octanol–water partition coefficient (Wildman–Crippen LogP) is 6.02. The van der Waals surface area contributed by atoms with Gasteiger partial charge in [-0.1, -0.05) is 69.7 Å². The largest absolute Gasteiger partial charge is 0.308 e. The van der Waals surface area contributed by atoms with E-state index in [0.29, 0.717) is 0 Å². The van der Waals surface area contributed by atoms with Crippen molar-refractivity contribution in [3.8, 4) is 0 Å². The van der Waals surface area contributed by atoms with Gasteiger partial charge in [-0.05, 0) is 42.9 Å². The summed E-state index contributed by atoms with van der Waals surface area (Å²) in [7, 11) is 0. The van der Waals surface area contributed by atoms with Gasteiger partial charge < -0.3 is 4.72 Å². The maximum Gasteiger partial charge on any atom is 0.193 e. The van der Waals surface area contributed by atoms with E-state index < -0.39 is 0 Å². The molecular weight excluding hydrogens is 296 g/mol. The summed E-state index contributed by atoms with van der Waals surface area (Å²) in [5.41, 5.74) is 4.17. The number of rotatable bonds is 9. The highest BCUT2D eigenvalue weighted by atomic mass is 32.1. The van der Waals surface area contributed by atoms with Gasteiger partial charge in [0.15, 0.2) is 5.13 Å². The summed E-state index contributed by atoms with van der Waals surface area (Å²) in [6, 6.07) is 4.55. The minimum atomic E-state index is 0.899. The second-order valence-corrected chi connectivity index (χ2v) is 6.85. The summed E-state index contributed by atoms with van der Waals surface area (Å²) >= 11 is 5.82. The highest BCUT2D eigenvalue weighted by Crippen LogP contribution is 2.32. The topological polar surface area (TPSA) is 24.9 Å². The lowest BCUT2D eigenvalue weighted by Crippen LogP contribution is -1.97. The molecular formula is C17H26N2S2. The van der Waals surface area contributed by atoms with Crippen molar-refractivity contribution in [1.82, 2.24) is 4.98 Å². The molecule has 1 N–H and O–H groups in total. The van der Waals surface area contributed by atoms with Gasteiger partial charge in [0.05, 0.1) is 10.2 Å². The first-order valence-corrected chi connectivity index (χ1v) is 9.37. The van der Waals surface area contributed by atoms with Crippen molar-refractivity contribution in [3.63, 3.8) is 0 Å². The van der Waals surface area contributed by atoms with Crippen LogP contribution in [-0.4, -0.2) is 4.98 Å². The number of aromatic nitrogens is 1. The summed E-state index contributed by atoms with van der Waals surface area (Å²) in [6.07, 6.45) is 10.0. The number of hydrogen-bond donors (Lipinski definition) is 2. The summed E-state index contributed by atoms with van der Waals surface area (Å²) in [4.78, 5) is 4.73. The van der Waals surface area contributed by atoms with E-state index in [-0.39, 0.29) is 0 Å². The van der Waals surface area contributed by atoms with Gasteiger partial charge in [0.25, 0.3) is 0 Å². The second-order valence-electron chi connectivity index (χ2n) is 5.60. The van der Waals surface area contributed by atoms with Crippen molar-refractivity contribution in [3.05, 3.63) is 23.3 Å². The van der Waals surface area contributed by atoms with E-state index in [1.54, 1.807) is 11.3 Å². The Hall–Kier alpha value is -0.740. The molecule has 1 aromatic carbocycles. The molecule has 0 atom stereocenters. The van der Waals surface area contributed by atoms with Crippen LogP contribution in [0.4, 0.5) is 5.13 Å². The molecule has 0 saturated heterocycles. The van der Waals surface area contributed by atoms with Gasteiger partial charge in [0, 0.05) is 0 Å². The van der Waals surface area contributed by atoms with Crippen LogP contribution in [0.3, 0.4) is 0 Å². The van der Waals surface area contributed by atoms with E-state index in [9.17, 15) is 0 Å². The van der Waals surface area contributed by atoms with E-state index in [1.807, 2.05) is 0 Å². The Morgan fingerprint density at radius 1 is 1.05 bits per heavy atom. The van der Waals surface area contributed by atoms with Crippen LogP contribution in [0.5, 0.6) is 0 Å². The van der Waals surface area contributed by atoms with E-state index >= 15 is 0 Å². The molecule has 0 radical (unpaired) electrons.